The SMILES string of the molecule is Cc1cccc(-c2nc(CSCCN)no2)c1. The fourth-order valence-corrected chi connectivity index (χ4v) is 2.07. The first kappa shape index (κ1) is 12.1. The number of thioether (sulfide) groups is 1. The normalized spacial score (nSPS) is 10.7. The van der Waals surface area contributed by atoms with Crippen LogP contribution in [0.2, 0.25) is 0 Å². The minimum Gasteiger partial charge on any atom is -0.334 e. The van der Waals surface area contributed by atoms with Gasteiger partial charge in [-0.2, -0.15) is 16.7 Å². The molecule has 0 atom stereocenters. The molecule has 0 radical (unpaired) electrons. The Hall–Kier alpha value is -1.33. The first-order valence-electron chi connectivity index (χ1n) is 5.47. The van der Waals surface area contributed by atoms with Crippen LogP contribution in [0.3, 0.4) is 0 Å². The molecule has 17 heavy (non-hydrogen) atoms. The van der Waals surface area contributed by atoms with E-state index in [0.29, 0.717) is 12.4 Å². The molecule has 1 aromatic heterocycles. The number of hydrogen-bond acceptors (Lipinski definition) is 5. The van der Waals surface area contributed by atoms with Gasteiger partial charge in [-0.1, -0.05) is 22.9 Å². The Labute approximate surface area is 105 Å². The maximum absolute atomic E-state index is 5.42. The third-order valence-corrected chi connectivity index (χ3v) is 3.21. The van der Waals surface area contributed by atoms with Crippen LogP contribution in [-0.4, -0.2) is 22.4 Å². The minimum atomic E-state index is 0.581. The Morgan fingerprint density at radius 2 is 2.29 bits per heavy atom. The Balaban J connectivity index is 2.07. The molecule has 1 heterocycles. The minimum absolute atomic E-state index is 0.581. The summed E-state index contributed by atoms with van der Waals surface area (Å²) >= 11 is 1.71. The van der Waals surface area contributed by atoms with Gasteiger partial charge in [-0.3, -0.25) is 0 Å². The summed E-state index contributed by atoms with van der Waals surface area (Å²) in [5.74, 6) is 2.96. The van der Waals surface area contributed by atoms with Crippen molar-refractivity contribution in [3.8, 4) is 11.5 Å². The van der Waals surface area contributed by atoms with Gasteiger partial charge in [0.15, 0.2) is 5.82 Å². The average Bonchev–Trinajstić information content (AvgIpc) is 2.78. The largest absolute Gasteiger partial charge is 0.334 e. The maximum Gasteiger partial charge on any atom is 0.257 e. The van der Waals surface area contributed by atoms with Crippen molar-refractivity contribution in [2.75, 3.05) is 12.3 Å². The average molecular weight is 249 g/mol. The highest BCUT2D eigenvalue weighted by Crippen LogP contribution is 2.19. The monoisotopic (exact) mass is 249 g/mol. The van der Waals surface area contributed by atoms with Gasteiger partial charge in [-0.25, -0.2) is 0 Å². The van der Waals surface area contributed by atoms with Crippen molar-refractivity contribution < 1.29 is 4.52 Å². The molecule has 2 rings (SSSR count). The molecule has 0 aliphatic rings. The van der Waals surface area contributed by atoms with Crippen molar-refractivity contribution in [3.05, 3.63) is 35.7 Å². The van der Waals surface area contributed by atoms with Crippen LogP contribution in [0.25, 0.3) is 11.5 Å². The van der Waals surface area contributed by atoms with E-state index in [9.17, 15) is 0 Å². The van der Waals surface area contributed by atoms with E-state index in [1.54, 1.807) is 11.8 Å². The molecule has 0 spiro atoms. The van der Waals surface area contributed by atoms with Crippen molar-refractivity contribution in [3.63, 3.8) is 0 Å². The van der Waals surface area contributed by atoms with Crippen LogP contribution >= 0.6 is 11.8 Å². The second-order valence-corrected chi connectivity index (χ2v) is 4.83. The lowest BCUT2D eigenvalue weighted by Crippen LogP contribution is -2.01. The summed E-state index contributed by atoms with van der Waals surface area (Å²) < 4.78 is 5.23. The molecule has 2 aromatic rings. The van der Waals surface area contributed by atoms with E-state index in [0.717, 1.165) is 22.9 Å². The third-order valence-electron chi connectivity index (χ3n) is 2.23. The van der Waals surface area contributed by atoms with Gasteiger partial charge < -0.3 is 10.3 Å². The predicted molar refractivity (Wildman–Crippen MR) is 69.7 cm³/mol. The summed E-state index contributed by atoms with van der Waals surface area (Å²) in [4.78, 5) is 4.35. The number of rotatable bonds is 5. The van der Waals surface area contributed by atoms with E-state index in [1.807, 2.05) is 31.2 Å². The van der Waals surface area contributed by atoms with E-state index in [1.165, 1.54) is 5.56 Å². The lowest BCUT2D eigenvalue weighted by molar-refractivity contribution is 0.425. The van der Waals surface area contributed by atoms with E-state index in [2.05, 4.69) is 10.1 Å². The number of aryl methyl sites for hydroxylation is 1. The second kappa shape index (κ2) is 5.84. The zero-order chi connectivity index (χ0) is 12.1. The first-order valence-corrected chi connectivity index (χ1v) is 6.62. The Bertz CT molecular complexity index is 484. The molecule has 0 fully saturated rings. The van der Waals surface area contributed by atoms with Crippen molar-refractivity contribution >= 4 is 11.8 Å². The molecular formula is C12H15N3OS. The summed E-state index contributed by atoms with van der Waals surface area (Å²) in [6.45, 7) is 2.71. The highest BCUT2D eigenvalue weighted by atomic mass is 32.2. The standard InChI is InChI=1S/C12H15N3OS/c1-9-3-2-4-10(7-9)12-14-11(15-16-12)8-17-6-5-13/h2-4,7H,5-6,8,13H2,1H3. The van der Waals surface area contributed by atoms with Crippen molar-refractivity contribution in [1.82, 2.24) is 10.1 Å². The van der Waals surface area contributed by atoms with Gasteiger partial charge in [0, 0.05) is 17.9 Å². The molecular weight excluding hydrogens is 234 g/mol. The number of nitrogens with zero attached hydrogens (tertiary/aromatic N) is 2. The molecule has 0 saturated heterocycles. The lowest BCUT2D eigenvalue weighted by Gasteiger charge is -1.95. The van der Waals surface area contributed by atoms with E-state index < -0.39 is 0 Å². The van der Waals surface area contributed by atoms with Gasteiger partial charge in [0.25, 0.3) is 5.89 Å². The topological polar surface area (TPSA) is 64.9 Å². The Kier molecular flexibility index (Phi) is 4.17. The van der Waals surface area contributed by atoms with Crippen LogP contribution in [0.4, 0.5) is 0 Å². The van der Waals surface area contributed by atoms with Gasteiger partial charge in [0.05, 0.1) is 5.75 Å². The van der Waals surface area contributed by atoms with Crippen molar-refractivity contribution in [2.45, 2.75) is 12.7 Å². The van der Waals surface area contributed by atoms with Crippen LogP contribution in [0.15, 0.2) is 28.8 Å². The van der Waals surface area contributed by atoms with Crippen LogP contribution < -0.4 is 5.73 Å². The van der Waals surface area contributed by atoms with Gasteiger partial charge in [0.1, 0.15) is 0 Å². The van der Waals surface area contributed by atoms with Gasteiger partial charge in [-0.15, -0.1) is 0 Å². The number of aromatic nitrogens is 2. The molecule has 1 aromatic carbocycles. The van der Waals surface area contributed by atoms with Crippen LogP contribution in [0, 0.1) is 6.92 Å². The maximum atomic E-state index is 5.42. The molecule has 0 unspecified atom stereocenters. The summed E-state index contributed by atoms with van der Waals surface area (Å²) in [5.41, 5.74) is 7.57. The predicted octanol–water partition coefficient (Wildman–Crippen LogP) is 2.24. The van der Waals surface area contributed by atoms with Crippen LogP contribution in [-0.2, 0) is 5.75 Å². The first-order chi connectivity index (χ1) is 8.29. The Morgan fingerprint density at radius 1 is 1.41 bits per heavy atom. The molecule has 0 amide bonds. The number of benzene rings is 1. The summed E-state index contributed by atoms with van der Waals surface area (Å²) in [7, 11) is 0. The van der Waals surface area contributed by atoms with E-state index in [4.69, 9.17) is 10.3 Å². The van der Waals surface area contributed by atoms with E-state index >= 15 is 0 Å². The summed E-state index contributed by atoms with van der Waals surface area (Å²) in [5, 5.41) is 3.95. The zero-order valence-electron chi connectivity index (χ0n) is 9.72. The van der Waals surface area contributed by atoms with Gasteiger partial charge in [0.2, 0.25) is 0 Å². The quantitative estimate of drug-likeness (QED) is 0.823. The van der Waals surface area contributed by atoms with Crippen molar-refractivity contribution in [2.24, 2.45) is 5.73 Å². The fourth-order valence-electron chi connectivity index (χ4n) is 1.45. The smallest absolute Gasteiger partial charge is 0.257 e. The molecule has 4 nitrogen and oxygen atoms in total. The highest BCUT2D eigenvalue weighted by Gasteiger charge is 2.08. The molecule has 0 saturated carbocycles. The number of nitrogens with two attached hydrogens (primary N) is 1. The van der Waals surface area contributed by atoms with Crippen LogP contribution in [0.5, 0.6) is 0 Å². The van der Waals surface area contributed by atoms with Gasteiger partial charge >= 0.3 is 0 Å². The molecule has 5 heteroatoms. The Morgan fingerprint density at radius 3 is 3.06 bits per heavy atom. The van der Waals surface area contributed by atoms with Crippen LogP contribution in [0.1, 0.15) is 11.4 Å². The highest BCUT2D eigenvalue weighted by molar-refractivity contribution is 7.98. The summed E-state index contributed by atoms with van der Waals surface area (Å²) in [6.07, 6.45) is 0. The van der Waals surface area contributed by atoms with E-state index in [-0.39, 0.29) is 0 Å². The molecule has 90 valence electrons. The molecule has 0 aliphatic carbocycles. The van der Waals surface area contributed by atoms with Crippen molar-refractivity contribution in [1.29, 1.82) is 0 Å². The van der Waals surface area contributed by atoms with Gasteiger partial charge in [-0.05, 0) is 19.1 Å². The molecule has 0 aliphatic heterocycles. The molecule has 2 N–H and O–H groups in total. The zero-order valence-corrected chi connectivity index (χ0v) is 10.5. The summed E-state index contributed by atoms with van der Waals surface area (Å²) in [6, 6.07) is 8.03. The third kappa shape index (κ3) is 3.31. The lowest BCUT2D eigenvalue weighted by atomic mass is 10.1. The fraction of sp³-hybridized carbons (Fsp3) is 0.333. The molecule has 0 bridgehead atoms. The second-order valence-electron chi connectivity index (χ2n) is 3.73. The number of hydrogen-bond donors (Lipinski definition) is 1.